The fourth-order valence-corrected chi connectivity index (χ4v) is 3.19. The molecule has 0 radical (unpaired) electrons. The van der Waals surface area contributed by atoms with Crippen molar-refractivity contribution in [2.45, 2.75) is 38.1 Å². The van der Waals surface area contributed by atoms with Crippen molar-refractivity contribution >= 4 is 34.2 Å². The van der Waals surface area contributed by atoms with Crippen molar-refractivity contribution in [3.05, 3.63) is 34.3 Å². The van der Waals surface area contributed by atoms with Gasteiger partial charge < -0.3 is 10.2 Å². The third kappa shape index (κ3) is 4.21. The van der Waals surface area contributed by atoms with Crippen molar-refractivity contribution in [1.29, 1.82) is 0 Å². The van der Waals surface area contributed by atoms with Gasteiger partial charge in [0, 0.05) is 23.6 Å². The lowest BCUT2D eigenvalue weighted by molar-refractivity contribution is -0.137. The average Bonchev–Trinajstić information content (AvgIpc) is 2.46. The van der Waals surface area contributed by atoms with E-state index in [2.05, 4.69) is 21.2 Å². The number of rotatable bonds is 3. The summed E-state index contributed by atoms with van der Waals surface area (Å²) in [6, 6.07) is 8.47. The second kappa shape index (κ2) is 7.61. The summed E-state index contributed by atoms with van der Waals surface area (Å²) in [6.45, 7) is 5.71. The first-order valence-corrected chi connectivity index (χ1v) is 7.97. The molecule has 1 saturated heterocycles. The van der Waals surface area contributed by atoms with E-state index in [9.17, 15) is 4.79 Å². The Kier molecular flexibility index (Phi) is 6.70. The minimum Gasteiger partial charge on any atom is -0.340 e. The molecule has 0 spiro atoms. The van der Waals surface area contributed by atoms with Crippen molar-refractivity contribution in [2.24, 2.45) is 0 Å². The summed E-state index contributed by atoms with van der Waals surface area (Å²) < 4.78 is 1.02. The van der Waals surface area contributed by atoms with E-state index in [0.29, 0.717) is 6.04 Å². The first-order chi connectivity index (χ1) is 9.45. The van der Waals surface area contributed by atoms with E-state index >= 15 is 0 Å². The maximum absolute atomic E-state index is 12.9. The van der Waals surface area contributed by atoms with Gasteiger partial charge in [-0.05, 0) is 51.4 Å². The van der Waals surface area contributed by atoms with Crippen LogP contribution >= 0.6 is 28.3 Å². The van der Waals surface area contributed by atoms with Crippen LogP contribution in [0.25, 0.3) is 0 Å². The van der Waals surface area contributed by atoms with Gasteiger partial charge in [-0.15, -0.1) is 12.4 Å². The molecule has 5 heteroatoms. The topological polar surface area (TPSA) is 32.3 Å². The highest BCUT2D eigenvalue weighted by atomic mass is 79.9. The molecule has 0 bridgehead atoms. The Balaban J connectivity index is 0.00000220. The van der Waals surface area contributed by atoms with Crippen LogP contribution < -0.4 is 5.32 Å². The smallest absolute Gasteiger partial charge is 0.232 e. The summed E-state index contributed by atoms with van der Waals surface area (Å²) in [5, 5.41) is 3.29. The molecule has 3 nitrogen and oxygen atoms in total. The van der Waals surface area contributed by atoms with Crippen LogP contribution in [0.2, 0.25) is 0 Å². The van der Waals surface area contributed by atoms with Gasteiger partial charge in [-0.2, -0.15) is 0 Å². The maximum atomic E-state index is 12.9. The largest absolute Gasteiger partial charge is 0.340 e. The SMILES string of the molecule is CNC1CCCN(C(=O)C(C)(C)c2cccc(Br)c2)C1.Cl. The first kappa shape index (κ1) is 18.5. The van der Waals surface area contributed by atoms with Crippen LogP contribution in [0.3, 0.4) is 0 Å². The molecular formula is C16H24BrClN2O. The van der Waals surface area contributed by atoms with Crippen LogP contribution in [0.4, 0.5) is 0 Å². The molecule has 1 atom stereocenters. The second-order valence-corrected chi connectivity index (χ2v) is 6.93. The molecule has 0 aliphatic carbocycles. The Morgan fingerprint density at radius 1 is 1.43 bits per heavy atom. The van der Waals surface area contributed by atoms with Gasteiger partial charge in [0.25, 0.3) is 0 Å². The minimum absolute atomic E-state index is 0. The van der Waals surface area contributed by atoms with Gasteiger partial charge in [0.05, 0.1) is 5.41 Å². The number of amides is 1. The van der Waals surface area contributed by atoms with Gasteiger partial charge in [-0.3, -0.25) is 4.79 Å². The van der Waals surface area contributed by atoms with Crippen LogP contribution in [0.1, 0.15) is 32.3 Å². The van der Waals surface area contributed by atoms with Crippen LogP contribution in [0, 0.1) is 0 Å². The van der Waals surface area contributed by atoms with Crippen molar-refractivity contribution in [2.75, 3.05) is 20.1 Å². The molecule has 1 amide bonds. The standard InChI is InChI=1S/C16H23BrN2O.ClH/c1-16(2,12-6-4-7-13(17)10-12)15(20)19-9-5-8-14(11-19)18-3;/h4,6-7,10,14,18H,5,8-9,11H2,1-3H3;1H. The number of nitrogens with zero attached hydrogens (tertiary/aromatic N) is 1. The van der Waals surface area contributed by atoms with E-state index in [1.165, 1.54) is 0 Å². The highest BCUT2D eigenvalue weighted by molar-refractivity contribution is 9.10. The van der Waals surface area contributed by atoms with Gasteiger partial charge in [0.15, 0.2) is 0 Å². The highest BCUT2D eigenvalue weighted by Gasteiger charge is 2.35. The number of benzene rings is 1. The van der Waals surface area contributed by atoms with Crippen LogP contribution in [0.5, 0.6) is 0 Å². The lowest BCUT2D eigenvalue weighted by Gasteiger charge is -2.37. The molecule has 1 heterocycles. The van der Waals surface area contributed by atoms with Crippen LogP contribution in [0.15, 0.2) is 28.7 Å². The highest BCUT2D eigenvalue weighted by Crippen LogP contribution is 2.29. The minimum atomic E-state index is -0.487. The lowest BCUT2D eigenvalue weighted by Crippen LogP contribution is -2.51. The van der Waals surface area contributed by atoms with Gasteiger partial charge >= 0.3 is 0 Å². The Morgan fingerprint density at radius 2 is 2.14 bits per heavy atom. The number of carbonyl (C=O) groups is 1. The summed E-state index contributed by atoms with van der Waals surface area (Å²) >= 11 is 3.49. The Labute approximate surface area is 142 Å². The van der Waals surface area contributed by atoms with Crippen molar-refractivity contribution < 1.29 is 4.79 Å². The van der Waals surface area contributed by atoms with Gasteiger partial charge in [0.2, 0.25) is 5.91 Å². The fraction of sp³-hybridized carbons (Fsp3) is 0.562. The molecule has 118 valence electrons. The van der Waals surface area contributed by atoms with Crippen LogP contribution in [-0.2, 0) is 10.2 Å². The third-order valence-electron chi connectivity index (χ3n) is 4.20. The molecule has 1 aromatic carbocycles. The molecule has 0 saturated carbocycles. The molecular weight excluding hydrogens is 352 g/mol. The van der Waals surface area contributed by atoms with E-state index in [-0.39, 0.29) is 18.3 Å². The Morgan fingerprint density at radius 3 is 2.76 bits per heavy atom. The average molecular weight is 376 g/mol. The Bertz CT molecular complexity index is 493. The zero-order chi connectivity index (χ0) is 14.8. The predicted molar refractivity (Wildman–Crippen MR) is 93.1 cm³/mol. The molecule has 1 N–H and O–H groups in total. The number of nitrogens with one attached hydrogen (secondary N) is 1. The van der Waals surface area contributed by atoms with Crippen molar-refractivity contribution in [1.82, 2.24) is 10.2 Å². The molecule has 1 aliphatic heterocycles. The van der Waals surface area contributed by atoms with E-state index in [0.717, 1.165) is 36.0 Å². The lowest BCUT2D eigenvalue weighted by atomic mass is 9.82. The summed E-state index contributed by atoms with van der Waals surface area (Å²) in [4.78, 5) is 14.9. The quantitative estimate of drug-likeness (QED) is 0.878. The third-order valence-corrected chi connectivity index (χ3v) is 4.69. The number of halogens is 2. The molecule has 1 unspecified atom stereocenters. The monoisotopic (exact) mass is 374 g/mol. The molecule has 1 aliphatic rings. The first-order valence-electron chi connectivity index (χ1n) is 7.18. The zero-order valence-corrected chi connectivity index (χ0v) is 15.3. The summed E-state index contributed by atoms with van der Waals surface area (Å²) in [5.74, 6) is 0.218. The number of likely N-dealkylation sites (N-methyl/N-ethyl adjacent to an activating group) is 1. The molecule has 1 aromatic rings. The van der Waals surface area contributed by atoms with Crippen molar-refractivity contribution in [3.8, 4) is 0 Å². The van der Waals surface area contributed by atoms with Gasteiger partial charge in [0.1, 0.15) is 0 Å². The summed E-state index contributed by atoms with van der Waals surface area (Å²) in [5.41, 5.74) is 0.572. The van der Waals surface area contributed by atoms with E-state index in [1.807, 2.05) is 50.1 Å². The van der Waals surface area contributed by atoms with Gasteiger partial charge in [-0.1, -0.05) is 28.1 Å². The molecule has 21 heavy (non-hydrogen) atoms. The molecule has 2 rings (SSSR count). The number of hydrogen-bond acceptors (Lipinski definition) is 2. The molecule has 0 aromatic heterocycles. The number of piperidine rings is 1. The number of likely N-dealkylation sites (tertiary alicyclic amines) is 1. The summed E-state index contributed by atoms with van der Waals surface area (Å²) in [7, 11) is 1.97. The van der Waals surface area contributed by atoms with Crippen LogP contribution in [-0.4, -0.2) is 37.0 Å². The fourth-order valence-electron chi connectivity index (χ4n) is 2.79. The zero-order valence-electron chi connectivity index (χ0n) is 12.9. The second-order valence-electron chi connectivity index (χ2n) is 6.01. The van der Waals surface area contributed by atoms with E-state index < -0.39 is 5.41 Å². The summed E-state index contributed by atoms with van der Waals surface area (Å²) in [6.07, 6.45) is 2.23. The van der Waals surface area contributed by atoms with Crippen molar-refractivity contribution in [3.63, 3.8) is 0 Å². The van der Waals surface area contributed by atoms with E-state index in [1.54, 1.807) is 0 Å². The maximum Gasteiger partial charge on any atom is 0.232 e. The van der Waals surface area contributed by atoms with Gasteiger partial charge in [-0.25, -0.2) is 0 Å². The van der Waals surface area contributed by atoms with E-state index in [4.69, 9.17) is 0 Å². The molecule has 1 fully saturated rings. The number of hydrogen-bond donors (Lipinski definition) is 1. The predicted octanol–water partition coefficient (Wildman–Crippen LogP) is 3.36. The Hall–Kier alpha value is -0.580. The number of carbonyl (C=O) groups excluding carboxylic acids is 1. The normalized spacial score (nSPS) is 19.0.